The van der Waals surface area contributed by atoms with Crippen LogP contribution < -0.4 is 4.74 Å². The van der Waals surface area contributed by atoms with Crippen molar-refractivity contribution < 1.29 is 9.84 Å². The fraction of sp³-hybridized carbons (Fsp3) is 0.190. The number of aryl methyl sites for hydroxylation is 1. The Morgan fingerprint density at radius 3 is 2.56 bits per heavy atom. The number of nitrogens with zero attached hydrogens (tertiary/aromatic N) is 1. The first-order valence-electron chi connectivity index (χ1n) is 8.26. The highest BCUT2D eigenvalue weighted by Gasteiger charge is 2.06. The van der Waals surface area contributed by atoms with Gasteiger partial charge in [0.05, 0.1) is 6.10 Å². The number of aromatic nitrogens is 1. The molecule has 1 heterocycles. The number of hydrogen-bond acceptors (Lipinski definition) is 3. The van der Waals surface area contributed by atoms with E-state index in [4.69, 9.17) is 16.3 Å². The third-order valence-corrected chi connectivity index (χ3v) is 4.18. The summed E-state index contributed by atoms with van der Waals surface area (Å²) in [6.07, 6.45) is 4.49. The SMILES string of the molecule is O[C@H](CCc1cccnc1)COc1ccc(-c2cccc(Cl)c2)cc1. The van der Waals surface area contributed by atoms with E-state index in [1.54, 1.807) is 6.20 Å². The zero-order chi connectivity index (χ0) is 17.5. The topological polar surface area (TPSA) is 42.4 Å². The maximum Gasteiger partial charge on any atom is 0.119 e. The average molecular weight is 354 g/mol. The minimum absolute atomic E-state index is 0.275. The van der Waals surface area contributed by atoms with E-state index in [0.717, 1.165) is 33.9 Å². The van der Waals surface area contributed by atoms with Crippen LogP contribution >= 0.6 is 11.6 Å². The van der Waals surface area contributed by atoms with E-state index in [-0.39, 0.29) is 6.61 Å². The largest absolute Gasteiger partial charge is 0.491 e. The van der Waals surface area contributed by atoms with Crippen molar-refractivity contribution in [3.63, 3.8) is 0 Å². The van der Waals surface area contributed by atoms with Crippen LogP contribution in [-0.4, -0.2) is 22.8 Å². The molecular weight excluding hydrogens is 334 g/mol. The van der Waals surface area contributed by atoms with E-state index in [1.165, 1.54) is 0 Å². The van der Waals surface area contributed by atoms with E-state index in [0.29, 0.717) is 6.42 Å². The van der Waals surface area contributed by atoms with E-state index < -0.39 is 6.10 Å². The molecule has 0 amide bonds. The summed E-state index contributed by atoms with van der Waals surface area (Å²) in [5.74, 6) is 0.742. The van der Waals surface area contributed by atoms with Crippen LogP contribution in [0.4, 0.5) is 0 Å². The molecule has 1 aromatic heterocycles. The van der Waals surface area contributed by atoms with Crippen LogP contribution in [0.3, 0.4) is 0 Å². The summed E-state index contributed by atoms with van der Waals surface area (Å²) in [5, 5.41) is 10.8. The van der Waals surface area contributed by atoms with Crippen molar-refractivity contribution in [1.29, 1.82) is 0 Å². The van der Waals surface area contributed by atoms with Crippen LogP contribution in [0.25, 0.3) is 11.1 Å². The summed E-state index contributed by atoms with van der Waals surface area (Å²) in [6, 6.07) is 19.4. The number of rotatable bonds is 7. The molecule has 0 aliphatic heterocycles. The molecule has 3 aromatic rings. The van der Waals surface area contributed by atoms with E-state index >= 15 is 0 Å². The highest BCUT2D eigenvalue weighted by atomic mass is 35.5. The summed E-state index contributed by atoms with van der Waals surface area (Å²) < 4.78 is 5.68. The van der Waals surface area contributed by atoms with Gasteiger partial charge in [0.25, 0.3) is 0 Å². The number of pyridine rings is 1. The van der Waals surface area contributed by atoms with Crippen LogP contribution in [0, 0.1) is 0 Å². The zero-order valence-electron chi connectivity index (χ0n) is 13.8. The van der Waals surface area contributed by atoms with Crippen molar-refractivity contribution in [2.45, 2.75) is 18.9 Å². The maximum absolute atomic E-state index is 10.1. The Bertz CT molecular complexity index is 791. The van der Waals surface area contributed by atoms with Crippen LogP contribution in [-0.2, 0) is 6.42 Å². The molecule has 128 valence electrons. The van der Waals surface area contributed by atoms with Gasteiger partial charge in [-0.05, 0) is 59.9 Å². The molecule has 0 unspecified atom stereocenters. The number of hydrogen-bond donors (Lipinski definition) is 1. The molecule has 3 rings (SSSR count). The lowest BCUT2D eigenvalue weighted by Gasteiger charge is -2.13. The molecule has 0 saturated carbocycles. The lowest BCUT2D eigenvalue weighted by atomic mass is 10.1. The van der Waals surface area contributed by atoms with E-state index in [2.05, 4.69) is 4.98 Å². The van der Waals surface area contributed by atoms with Gasteiger partial charge in [-0.15, -0.1) is 0 Å². The summed E-state index contributed by atoms with van der Waals surface area (Å²) in [7, 11) is 0. The van der Waals surface area contributed by atoms with Crippen molar-refractivity contribution >= 4 is 11.6 Å². The van der Waals surface area contributed by atoms with Crippen molar-refractivity contribution in [2.24, 2.45) is 0 Å². The predicted molar refractivity (Wildman–Crippen MR) is 101 cm³/mol. The van der Waals surface area contributed by atoms with Crippen LogP contribution in [0.1, 0.15) is 12.0 Å². The van der Waals surface area contributed by atoms with Crippen molar-refractivity contribution in [2.75, 3.05) is 6.61 Å². The molecule has 2 aromatic carbocycles. The lowest BCUT2D eigenvalue weighted by molar-refractivity contribution is 0.100. The molecule has 0 aliphatic carbocycles. The maximum atomic E-state index is 10.1. The number of halogens is 1. The Balaban J connectivity index is 1.50. The summed E-state index contributed by atoms with van der Waals surface area (Å²) in [6.45, 7) is 0.275. The molecule has 3 nitrogen and oxygen atoms in total. The van der Waals surface area contributed by atoms with Crippen LogP contribution in [0.5, 0.6) is 5.75 Å². The molecule has 0 radical (unpaired) electrons. The molecule has 0 aliphatic rings. The summed E-state index contributed by atoms with van der Waals surface area (Å²) in [4.78, 5) is 4.07. The second-order valence-corrected chi connectivity index (χ2v) is 6.34. The number of ether oxygens (including phenoxy) is 1. The molecule has 1 atom stereocenters. The van der Waals surface area contributed by atoms with Crippen LogP contribution in [0.2, 0.25) is 5.02 Å². The predicted octanol–water partition coefficient (Wildman–Crippen LogP) is 4.77. The highest BCUT2D eigenvalue weighted by Crippen LogP contribution is 2.24. The molecule has 1 N–H and O–H groups in total. The fourth-order valence-electron chi connectivity index (χ4n) is 2.57. The van der Waals surface area contributed by atoms with E-state index in [9.17, 15) is 5.11 Å². The Kier molecular flexibility index (Phi) is 6.04. The van der Waals surface area contributed by atoms with Crippen molar-refractivity contribution in [3.8, 4) is 16.9 Å². The Labute approximate surface area is 152 Å². The first-order valence-corrected chi connectivity index (χ1v) is 8.64. The van der Waals surface area contributed by atoms with Gasteiger partial charge >= 0.3 is 0 Å². The third-order valence-electron chi connectivity index (χ3n) is 3.94. The first-order chi connectivity index (χ1) is 12.2. The van der Waals surface area contributed by atoms with Crippen LogP contribution in [0.15, 0.2) is 73.1 Å². The van der Waals surface area contributed by atoms with Gasteiger partial charge in [0.2, 0.25) is 0 Å². The lowest BCUT2D eigenvalue weighted by Crippen LogP contribution is -2.18. The minimum atomic E-state index is -0.507. The third kappa shape index (κ3) is 5.31. The zero-order valence-corrected chi connectivity index (χ0v) is 14.6. The van der Waals surface area contributed by atoms with Gasteiger partial charge in [0, 0.05) is 17.4 Å². The standard InChI is InChI=1S/C21H20ClNO2/c22-19-5-1-4-18(13-19)17-7-10-21(11-8-17)25-15-20(24)9-6-16-3-2-12-23-14-16/h1-5,7-8,10-14,20,24H,6,9,15H2/t20-/m1/s1. The average Bonchev–Trinajstić information content (AvgIpc) is 2.66. The minimum Gasteiger partial charge on any atom is -0.491 e. The first kappa shape index (κ1) is 17.5. The number of aliphatic hydroxyl groups is 1. The molecule has 0 saturated heterocycles. The molecule has 0 fully saturated rings. The van der Waals surface area contributed by atoms with Crippen molar-refractivity contribution in [1.82, 2.24) is 4.98 Å². The molecule has 0 spiro atoms. The highest BCUT2D eigenvalue weighted by molar-refractivity contribution is 6.30. The molecule has 4 heteroatoms. The molecular formula is C21H20ClNO2. The molecule has 25 heavy (non-hydrogen) atoms. The summed E-state index contributed by atoms with van der Waals surface area (Å²) in [5.41, 5.74) is 3.26. The smallest absolute Gasteiger partial charge is 0.119 e. The number of aliphatic hydroxyl groups excluding tert-OH is 1. The van der Waals surface area contributed by atoms with Gasteiger partial charge in [0.1, 0.15) is 12.4 Å². The number of benzene rings is 2. The quantitative estimate of drug-likeness (QED) is 0.665. The van der Waals surface area contributed by atoms with Gasteiger partial charge in [-0.1, -0.05) is 41.9 Å². The second-order valence-electron chi connectivity index (χ2n) is 5.90. The normalized spacial score (nSPS) is 11.9. The fourth-order valence-corrected chi connectivity index (χ4v) is 2.76. The van der Waals surface area contributed by atoms with Crippen molar-refractivity contribution in [3.05, 3.63) is 83.6 Å². The Morgan fingerprint density at radius 1 is 1.00 bits per heavy atom. The Morgan fingerprint density at radius 2 is 1.84 bits per heavy atom. The van der Waals surface area contributed by atoms with Gasteiger partial charge in [0.15, 0.2) is 0 Å². The Hall–Kier alpha value is -2.36. The van der Waals surface area contributed by atoms with Gasteiger partial charge in [-0.2, -0.15) is 0 Å². The molecule has 0 bridgehead atoms. The second kappa shape index (κ2) is 8.65. The van der Waals surface area contributed by atoms with Gasteiger partial charge in [-0.3, -0.25) is 4.98 Å². The van der Waals surface area contributed by atoms with Gasteiger partial charge < -0.3 is 9.84 Å². The van der Waals surface area contributed by atoms with E-state index in [1.807, 2.05) is 66.9 Å². The monoisotopic (exact) mass is 353 g/mol. The van der Waals surface area contributed by atoms with Gasteiger partial charge in [-0.25, -0.2) is 0 Å². The summed E-state index contributed by atoms with van der Waals surface area (Å²) >= 11 is 6.03.